The quantitative estimate of drug-likeness (QED) is 0.759. The smallest absolute Gasteiger partial charge is 0.191 e. The molecule has 2 aromatic rings. The molecule has 0 unspecified atom stereocenters. The van der Waals surface area contributed by atoms with Crippen LogP contribution in [0.3, 0.4) is 0 Å². The molecule has 1 N–H and O–H groups in total. The lowest BCUT2D eigenvalue weighted by Crippen LogP contribution is -2.20. The number of nitrogens with zero attached hydrogens (tertiary/aromatic N) is 4. The van der Waals surface area contributed by atoms with Gasteiger partial charge < -0.3 is 14.6 Å². The van der Waals surface area contributed by atoms with Gasteiger partial charge in [-0.2, -0.15) is 0 Å². The van der Waals surface area contributed by atoms with E-state index in [0.717, 1.165) is 30.4 Å². The van der Waals surface area contributed by atoms with Gasteiger partial charge in [-0.15, -0.1) is 10.2 Å². The highest BCUT2D eigenvalue weighted by Gasteiger charge is 2.11. The standard InChI is InChI=1S/C15H22N4OS/c1-3-9-19-14(12-20)16-17-15(19)21-11-10-18(2)13-7-5-4-6-8-13/h4-8,20H,3,9-12H2,1-2H3. The van der Waals surface area contributed by atoms with E-state index in [9.17, 15) is 5.11 Å². The van der Waals surface area contributed by atoms with Crippen molar-refractivity contribution in [1.29, 1.82) is 0 Å². The number of aliphatic hydroxyl groups is 1. The first-order valence-corrected chi connectivity index (χ1v) is 8.16. The van der Waals surface area contributed by atoms with Gasteiger partial charge in [0.25, 0.3) is 0 Å². The first-order valence-electron chi connectivity index (χ1n) is 7.18. The van der Waals surface area contributed by atoms with Crippen LogP contribution in [0.5, 0.6) is 0 Å². The van der Waals surface area contributed by atoms with E-state index in [1.54, 1.807) is 11.8 Å². The first-order chi connectivity index (χ1) is 10.3. The molecule has 114 valence electrons. The summed E-state index contributed by atoms with van der Waals surface area (Å²) >= 11 is 1.68. The molecule has 1 aromatic carbocycles. The third-order valence-corrected chi connectivity index (χ3v) is 4.18. The van der Waals surface area contributed by atoms with E-state index in [4.69, 9.17) is 0 Å². The van der Waals surface area contributed by atoms with Crippen LogP contribution in [0.25, 0.3) is 0 Å². The van der Waals surface area contributed by atoms with Gasteiger partial charge in [0, 0.05) is 31.6 Å². The number of aliphatic hydroxyl groups excluding tert-OH is 1. The van der Waals surface area contributed by atoms with Crippen LogP contribution < -0.4 is 4.90 Å². The van der Waals surface area contributed by atoms with Gasteiger partial charge in [-0.3, -0.25) is 0 Å². The van der Waals surface area contributed by atoms with Gasteiger partial charge in [0.2, 0.25) is 0 Å². The highest BCUT2D eigenvalue weighted by molar-refractivity contribution is 7.99. The Morgan fingerprint density at radius 2 is 2.00 bits per heavy atom. The van der Waals surface area contributed by atoms with Crippen LogP contribution >= 0.6 is 11.8 Å². The van der Waals surface area contributed by atoms with E-state index < -0.39 is 0 Å². The van der Waals surface area contributed by atoms with Crippen LogP contribution in [0.1, 0.15) is 19.2 Å². The van der Waals surface area contributed by atoms with Crippen molar-refractivity contribution < 1.29 is 5.11 Å². The van der Waals surface area contributed by atoms with Crippen LogP contribution in [-0.2, 0) is 13.2 Å². The Kier molecular flexibility index (Phi) is 6.07. The highest BCUT2D eigenvalue weighted by Crippen LogP contribution is 2.19. The van der Waals surface area contributed by atoms with Crippen LogP contribution in [-0.4, -0.2) is 39.2 Å². The summed E-state index contributed by atoms with van der Waals surface area (Å²) in [4.78, 5) is 2.22. The molecule has 0 spiro atoms. The summed E-state index contributed by atoms with van der Waals surface area (Å²) in [7, 11) is 2.09. The Bertz CT molecular complexity index is 544. The van der Waals surface area contributed by atoms with E-state index in [1.165, 1.54) is 5.69 Å². The zero-order valence-corrected chi connectivity index (χ0v) is 13.4. The Morgan fingerprint density at radius 1 is 1.24 bits per heavy atom. The molecule has 2 rings (SSSR count). The van der Waals surface area contributed by atoms with E-state index in [-0.39, 0.29) is 6.61 Å². The zero-order valence-electron chi connectivity index (χ0n) is 12.6. The predicted octanol–water partition coefficient (Wildman–Crippen LogP) is 2.41. The summed E-state index contributed by atoms with van der Waals surface area (Å²) in [6.45, 7) is 3.83. The topological polar surface area (TPSA) is 54.2 Å². The van der Waals surface area contributed by atoms with Crippen molar-refractivity contribution in [2.45, 2.75) is 31.7 Å². The van der Waals surface area contributed by atoms with E-state index in [0.29, 0.717) is 5.82 Å². The van der Waals surface area contributed by atoms with Gasteiger partial charge in [0.1, 0.15) is 6.61 Å². The number of thioether (sulfide) groups is 1. The molecule has 0 radical (unpaired) electrons. The molecule has 0 saturated carbocycles. The molecule has 0 bridgehead atoms. The van der Waals surface area contributed by atoms with E-state index >= 15 is 0 Å². The van der Waals surface area contributed by atoms with Gasteiger partial charge in [-0.25, -0.2) is 0 Å². The minimum Gasteiger partial charge on any atom is -0.388 e. The molecule has 0 amide bonds. The van der Waals surface area contributed by atoms with Crippen molar-refractivity contribution in [2.24, 2.45) is 0 Å². The van der Waals surface area contributed by atoms with Crippen molar-refractivity contribution in [3.05, 3.63) is 36.2 Å². The normalized spacial score (nSPS) is 10.8. The Morgan fingerprint density at radius 3 is 2.67 bits per heavy atom. The maximum absolute atomic E-state index is 9.28. The van der Waals surface area contributed by atoms with Gasteiger partial charge in [0.15, 0.2) is 11.0 Å². The second-order valence-electron chi connectivity index (χ2n) is 4.81. The monoisotopic (exact) mass is 306 g/mol. The molecular weight excluding hydrogens is 284 g/mol. The molecular formula is C15H22N4OS. The number of hydrogen-bond donors (Lipinski definition) is 1. The van der Waals surface area contributed by atoms with E-state index in [2.05, 4.69) is 41.2 Å². The lowest BCUT2D eigenvalue weighted by molar-refractivity contribution is 0.263. The fraction of sp³-hybridized carbons (Fsp3) is 0.467. The van der Waals surface area contributed by atoms with Crippen LogP contribution in [0, 0.1) is 0 Å². The third-order valence-electron chi connectivity index (χ3n) is 3.24. The Balaban J connectivity index is 1.90. The SMILES string of the molecule is CCCn1c(CO)nnc1SCCN(C)c1ccccc1. The molecule has 0 aliphatic heterocycles. The van der Waals surface area contributed by atoms with Crippen molar-refractivity contribution in [3.63, 3.8) is 0 Å². The van der Waals surface area contributed by atoms with Crippen LogP contribution in [0.2, 0.25) is 0 Å². The van der Waals surface area contributed by atoms with Gasteiger partial charge in [-0.05, 0) is 18.6 Å². The molecule has 6 heteroatoms. The lowest BCUT2D eigenvalue weighted by Gasteiger charge is -2.18. The summed E-state index contributed by atoms with van der Waals surface area (Å²) in [5, 5.41) is 18.4. The summed E-state index contributed by atoms with van der Waals surface area (Å²) in [5.74, 6) is 1.58. The van der Waals surface area contributed by atoms with Gasteiger partial charge in [-0.1, -0.05) is 36.9 Å². The number of benzene rings is 1. The van der Waals surface area contributed by atoms with Crippen molar-refractivity contribution in [1.82, 2.24) is 14.8 Å². The average Bonchev–Trinajstić information content (AvgIpc) is 2.91. The molecule has 5 nitrogen and oxygen atoms in total. The minimum atomic E-state index is -0.0581. The molecule has 0 atom stereocenters. The van der Waals surface area contributed by atoms with Gasteiger partial charge >= 0.3 is 0 Å². The molecule has 0 fully saturated rings. The maximum atomic E-state index is 9.28. The fourth-order valence-corrected chi connectivity index (χ4v) is 3.08. The summed E-state index contributed by atoms with van der Waals surface area (Å²) in [6.07, 6.45) is 1.00. The predicted molar refractivity (Wildman–Crippen MR) is 86.7 cm³/mol. The molecule has 0 saturated heterocycles. The lowest BCUT2D eigenvalue weighted by atomic mass is 10.3. The highest BCUT2D eigenvalue weighted by atomic mass is 32.2. The van der Waals surface area contributed by atoms with E-state index in [1.807, 2.05) is 22.8 Å². The van der Waals surface area contributed by atoms with Crippen molar-refractivity contribution in [3.8, 4) is 0 Å². The van der Waals surface area contributed by atoms with Crippen molar-refractivity contribution >= 4 is 17.4 Å². The number of anilines is 1. The minimum absolute atomic E-state index is 0.0581. The first kappa shape index (κ1) is 15.9. The maximum Gasteiger partial charge on any atom is 0.191 e. The second kappa shape index (κ2) is 8.05. The summed E-state index contributed by atoms with van der Waals surface area (Å²) in [6, 6.07) is 10.3. The molecule has 0 aliphatic rings. The molecule has 21 heavy (non-hydrogen) atoms. The largest absolute Gasteiger partial charge is 0.388 e. The Labute approximate surface area is 130 Å². The summed E-state index contributed by atoms with van der Waals surface area (Å²) < 4.78 is 2.01. The second-order valence-corrected chi connectivity index (χ2v) is 5.88. The number of rotatable bonds is 8. The Hall–Kier alpha value is -1.53. The van der Waals surface area contributed by atoms with Gasteiger partial charge in [0.05, 0.1) is 0 Å². The number of aromatic nitrogens is 3. The zero-order chi connectivity index (χ0) is 15.1. The molecule has 1 heterocycles. The van der Waals surface area contributed by atoms with Crippen LogP contribution in [0.15, 0.2) is 35.5 Å². The summed E-state index contributed by atoms with van der Waals surface area (Å²) in [5.41, 5.74) is 1.21. The fourth-order valence-electron chi connectivity index (χ4n) is 2.08. The third kappa shape index (κ3) is 4.22. The number of hydrogen-bond acceptors (Lipinski definition) is 5. The number of para-hydroxylation sites is 1. The average molecular weight is 306 g/mol. The molecule has 0 aliphatic carbocycles. The van der Waals surface area contributed by atoms with Crippen LogP contribution in [0.4, 0.5) is 5.69 Å². The molecule has 1 aromatic heterocycles. The van der Waals surface area contributed by atoms with Crippen molar-refractivity contribution in [2.75, 3.05) is 24.2 Å².